The van der Waals surface area contributed by atoms with Gasteiger partial charge in [0, 0.05) is 4.47 Å². The largest absolute Gasteiger partial charge is 0.494 e. The molecule has 2 aromatic rings. The number of rotatable bonds is 4. The van der Waals surface area contributed by atoms with Crippen molar-refractivity contribution < 1.29 is 9.13 Å². The maximum Gasteiger partial charge on any atom is 0.165 e. The van der Waals surface area contributed by atoms with Gasteiger partial charge in [-0.25, -0.2) is 9.82 Å². The highest BCUT2D eigenvalue weighted by Gasteiger charge is 2.15. The molecule has 0 saturated carbocycles. The molecule has 2 rings (SSSR count). The fourth-order valence-electron chi connectivity index (χ4n) is 2.09. The van der Waals surface area contributed by atoms with E-state index in [4.69, 9.17) is 10.6 Å². The van der Waals surface area contributed by atoms with Crippen molar-refractivity contribution in [3.05, 3.63) is 63.4 Å². The second-order valence-corrected chi connectivity index (χ2v) is 5.36. The third-order valence-electron chi connectivity index (χ3n) is 3.19. The van der Waals surface area contributed by atoms with E-state index < -0.39 is 5.82 Å². The third-order valence-corrected chi connectivity index (χ3v) is 4.08. The van der Waals surface area contributed by atoms with Gasteiger partial charge < -0.3 is 4.74 Å². The summed E-state index contributed by atoms with van der Waals surface area (Å²) in [7, 11) is 1.44. The average Bonchev–Trinajstić information content (AvgIpc) is 2.44. The minimum Gasteiger partial charge on any atom is -0.494 e. The molecule has 5 heteroatoms. The first kappa shape index (κ1) is 15.0. The first-order chi connectivity index (χ1) is 9.56. The van der Waals surface area contributed by atoms with Gasteiger partial charge in [0.2, 0.25) is 0 Å². The molecule has 106 valence electrons. The van der Waals surface area contributed by atoms with Crippen LogP contribution in [0.5, 0.6) is 5.75 Å². The number of hydrazine groups is 1. The van der Waals surface area contributed by atoms with Crippen LogP contribution in [-0.2, 0) is 0 Å². The van der Waals surface area contributed by atoms with Crippen LogP contribution in [0.4, 0.5) is 4.39 Å². The van der Waals surface area contributed by atoms with Gasteiger partial charge in [-0.1, -0.05) is 34.1 Å². The zero-order valence-electron chi connectivity index (χ0n) is 11.3. The van der Waals surface area contributed by atoms with E-state index in [1.807, 2.05) is 25.1 Å². The summed E-state index contributed by atoms with van der Waals surface area (Å²) >= 11 is 3.46. The molecule has 3 nitrogen and oxygen atoms in total. The molecule has 0 aromatic heterocycles. The van der Waals surface area contributed by atoms with Crippen molar-refractivity contribution in [3.8, 4) is 5.75 Å². The zero-order valence-corrected chi connectivity index (χ0v) is 12.9. The van der Waals surface area contributed by atoms with Gasteiger partial charge in [0.15, 0.2) is 11.6 Å². The van der Waals surface area contributed by atoms with Gasteiger partial charge >= 0.3 is 0 Å². The Bertz CT molecular complexity index is 619. The summed E-state index contributed by atoms with van der Waals surface area (Å²) in [6, 6.07) is 10.5. The van der Waals surface area contributed by atoms with Gasteiger partial charge in [-0.2, -0.15) is 0 Å². The molecule has 0 fully saturated rings. The fourth-order valence-corrected chi connectivity index (χ4v) is 2.34. The summed E-state index contributed by atoms with van der Waals surface area (Å²) in [6.45, 7) is 2.00. The van der Waals surface area contributed by atoms with Crippen LogP contribution in [0.1, 0.15) is 22.7 Å². The van der Waals surface area contributed by atoms with E-state index in [9.17, 15) is 4.39 Å². The molecule has 3 N–H and O–H groups in total. The van der Waals surface area contributed by atoms with E-state index in [1.165, 1.54) is 13.2 Å². The van der Waals surface area contributed by atoms with Crippen LogP contribution in [0.25, 0.3) is 0 Å². The lowest BCUT2D eigenvalue weighted by atomic mass is 9.97. The summed E-state index contributed by atoms with van der Waals surface area (Å²) in [6.07, 6.45) is 0. The van der Waals surface area contributed by atoms with Crippen molar-refractivity contribution in [1.82, 2.24) is 5.43 Å². The first-order valence-electron chi connectivity index (χ1n) is 6.12. The molecule has 0 aliphatic heterocycles. The Labute approximate surface area is 126 Å². The maximum absolute atomic E-state index is 13.8. The molecule has 0 amide bonds. The molecule has 20 heavy (non-hydrogen) atoms. The number of hydrogen-bond acceptors (Lipinski definition) is 3. The molecular formula is C15H16BrFN2O. The molecular weight excluding hydrogens is 323 g/mol. The normalized spacial score (nSPS) is 12.2. The molecule has 0 bridgehead atoms. The highest BCUT2D eigenvalue weighted by molar-refractivity contribution is 9.10. The highest BCUT2D eigenvalue weighted by atomic mass is 79.9. The Hall–Kier alpha value is -1.43. The van der Waals surface area contributed by atoms with Crippen LogP contribution in [-0.4, -0.2) is 7.11 Å². The predicted octanol–water partition coefficient (Wildman–Crippen LogP) is 3.46. The molecule has 0 aliphatic rings. The lowest BCUT2D eigenvalue weighted by Crippen LogP contribution is -2.29. The molecule has 0 spiro atoms. The van der Waals surface area contributed by atoms with Gasteiger partial charge in [-0.3, -0.25) is 5.84 Å². The number of nitrogens with two attached hydrogens (primary N) is 1. The Morgan fingerprint density at radius 1 is 1.20 bits per heavy atom. The Kier molecular flexibility index (Phi) is 4.75. The third kappa shape index (κ3) is 3.00. The van der Waals surface area contributed by atoms with Gasteiger partial charge in [0.05, 0.1) is 13.2 Å². The van der Waals surface area contributed by atoms with Crippen LogP contribution >= 0.6 is 15.9 Å². The molecule has 0 radical (unpaired) electrons. The van der Waals surface area contributed by atoms with Crippen molar-refractivity contribution in [2.24, 2.45) is 5.84 Å². The van der Waals surface area contributed by atoms with Crippen LogP contribution in [0, 0.1) is 12.7 Å². The topological polar surface area (TPSA) is 47.3 Å². The Morgan fingerprint density at radius 2 is 1.85 bits per heavy atom. The van der Waals surface area contributed by atoms with Crippen molar-refractivity contribution in [2.45, 2.75) is 13.0 Å². The number of aryl methyl sites for hydroxylation is 1. The monoisotopic (exact) mass is 338 g/mol. The summed E-state index contributed by atoms with van der Waals surface area (Å²) in [5.74, 6) is 5.45. The smallest absolute Gasteiger partial charge is 0.165 e. The minimum atomic E-state index is -0.404. The average molecular weight is 339 g/mol. The maximum atomic E-state index is 13.8. The summed E-state index contributed by atoms with van der Waals surface area (Å²) < 4.78 is 19.8. The molecule has 2 aromatic carbocycles. The Morgan fingerprint density at radius 3 is 2.40 bits per heavy atom. The van der Waals surface area contributed by atoms with Gasteiger partial charge in [-0.05, 0) is 41.8 Å². The SMILES string of the molecule is COc1ccc(C(NN)c2ccc(Br)c(C)c2)cc1F. The van der Waals surface area contributed by atoms with Crippen molar-refractivity contribution in [3.63, 3.8) is 0 Å². The van der Waals surface area contributed by atoms with Crippen molar-refractivity contribution in [1.29, 1.82) is 0 Å². The number of hydrogen-bond donors (Lipinski definition) is 2. The molecule has 0 heterocycles. The Balaban J connectivity index is 2.41. The number of nitrogens with one attached hydrogen (secondary N) is 1. The highest BCUT2D eigenvalue weighted by Crippen LogP contribution is 2.28. The second kappa shape index (κ2) is 6.35. The minimum absolute atomic E-state index is 0.219. The first-order valence-corrected chi connectivity index (χ1v) is 6.91. The number of halogens is 2. The van der Waals surface area contributed by atoms with Gasteiger partial charge in [0.25, 0.3) is 0 Å². The molecule has 1 atom stereocenters. The van der Waals surface area contributed by atoms with Crippen molar-refractivity contribution >= 4 is 15.9 Å². The van der Waals surface area contributed by atoms with Gasteiger partial charge in [0.1, 0.15) is 0 Å². The van der Waals surface area contributed by atoms with E-state index in [0.29, 0.717) is 0 Å². The quantitative estimate of drug-likeness (QED) is 0.663. The predicted molar refractivity (Wildman–Crippen MR) is 81.0 cm³/mol. The summed E-state index contributed by atoms with van der Waals surface area (Å²) in [5.41, 5.74) is 5.53. The van der Waals surface area contributed by atoms with E-state index in [-0.39, 0.29) is 11.8 Å². The second-order valence-electron chi connectivity index (χ2n) is 4.50. The lowest BCUT2D eigenvalue weighted by molar-refractivity contribution is 0.385. The van der Waals surface area contributed by atoms with E-state index in [1.54, 1.807) is 12.1 Å². The molecule has 0 aliphatic carbocycles. The van der Waals surface area contributed by atoms with Crippen LogP contribution in [0.15, 0.2) is 40.9 Å². The van der Waals surface area contributed by atoms with Crippen LogP contribution < -0.4 is 16.0 Å². The van der Waals surface area contributed by atoms with Crippen LogP contribution in [0.2, 0.25) is 0 Å². The molecule has 0 saturated heterocycles. The number of methoxy groups -OCH3 is 1. The molecule has 1 unspecified atom stereocenters. The van der Waals surface area contributed by atoms with Crippen molar-refractivity contribution in [2.75, 3.05) is 7.11 Å². The number of ether oxygens (including phenoxy) is 1. The zero-order chi connectivity index (χ0) is 14.7. The fraction of sp³-hybridized carbons (Fsp3) is 0.200. The number of benzene rings is 2. The summed E-state index contributed by atoms with van der Waals surface area (Å²) in [5, 5.41) is 0. The van der Waals surface area contributed by atoms with E-state index in [0.717, 1.165) is 21.2 Å². The van der Waals surface area contributed by atoms with E-state index in [2.05, 4.69) is 21.4 Å². The van der Waals surface area contributed by atoms with Gasteiger partial charge in [-0.15, -0.1) is 0 Å². The standard InChI is InChI=1S/C15H16BrFN2O/c1-9-7-10(3-5-12(9)16)15(19-18)11-4-6-14(20-2)13(17)8-11/h3-8,15,19H,18H2,1-2H3. The summed E-state index contributed by atoms with van der Waals surface area (Å²) in [4.78, 5) is 0. The van der Waals surface area contributed by atoms with Crippen LogP contribution in [0.3, 0.4) is 0 Å². The lowest BCUT2D eigenvalue weighted by Gasteiger charge is -2.18. The van der Waals surface area contributed by atoms with E-state index >= 15 is 0 Å².